The highest BCUT2D eigenvalue weighted by Gasteiger charge is 2.25. The fourth-order valence-electron chi connectivity index (χ4n) is 2.27. The Morgan fingerprint density at radius 3 is 2.65 bits per heavy atom. The van der Waals surface area contributed by atoms with Crippen LogP contribution in [-0.4, -0.2) is 28.2 Å². The Hall–Kier alpha value is -1.88. The van der Waals surface area contributed by atoms with Crippen molar-refractivity contribution in [1.29, 1.82) is 0 Å². The number of nitrogens with two attached hydrogens (primary N) is 1. The first-order valence-corrected chi connectivity index (χ1v) is 6.99. The Labute approximate surface area is 119 Å². The van der Waals surface area contributed by atoms with Crippen molar-refractivity contribution in [2.24, 2.45) is 5.41 Å². The zero-order valence-corrected chi connectivity index (χ0v) is 12.1. The molecular weight excluding hydrogens is 252 g/mol. The van der Waals surface area contributed by atoms with Gasteiger partial charge in [-0.1, -0.05) is 13.8 Å². The van der Waals surface area contributed by atoms with E-state index in [9.17, 15) is 5.11 Å². The van der Waals surface area contributed by atoms with Gasteiger partial charge in [-0.25, -0.2) is 9.97 Å². The first-order chi connectivity index (χ1) is 9.64. The third-order valence-corrected chi connectivity index (χ3v) is 4.13. The lowest BCUT2D eigenvalue weighted by Gasteiger charge is -2.29. The number of hydrogen-bond acceptors (Lipinski definition) is 5. The molecule has 0 saturated carbocycles. The Balaban J connectivity index is 2.28. The molecule has 1 heterocycles. The molecule has 0 saturated heterocycles. The van der Waals surface area contributed by atoms with E-state index in [2.05, 4.69) is 29.1 Å². The first kappa shape index (κ1) is 14.5. The predicted molar refractivity (Wildman–Crippen MR) is 82.5 cm³/mol. The fraction of sp³-hybridized carbons (Fsp3) is 0.467. The maximum absolute atomic E-state index is 9.62. The summed E-state index contributed by atoms with van der Waals surface area (Å²) in [5.74, 6) is 0.766. The molecule has 0 aliphatic heterocycles. The highest BCUT2D eigenvalue weighted by molar-refractivity contribution is 5.91. The summed E-state index contributed by atoms with van der Waals surface area (Å²) in [5.41, 5.74) is 7.27. The molecular formula is C15H22N4O. The molecule has 0 radical (unpaired) electrons. The van der Waals surface area contributed by atoms with E-state index in [4.69, 9.17) is 5.73 Å². The number of benzene rings is 1. The van der Waals surface area contributed by atoms with Gasteiger partial charge in [0.2, 0.25) is 0 Å². The maximum atomic E-state index is 9.62. The van der Waals surface area contributed by atoms with Crippen molar-refractivity contribution in [2.45, 2.75) is 26.7 Å². The van der Waals surface area contributed by atoms with Gasteiger partial charge in [-0.3, -0.25) is 0 Å². The van der Waals surface area contributed by atoms with E-state index in [1.807, 2.05) is 18.2 Å². The Bertz CT molecular complexity index is 573. The van der Waals surface area contributed by atoms with Gasteiger partial charge in [0.25, 0.3) is 0 Å². The minimum atomic E-state index is -0.113. The van der Waals surface area contributed by atoms with Crippen LogP contribution in [-0.2, 0) is 0 Å². The summed E-state index contributed by atoms with van der Waals surface area (Å²) in [4.78, 5) is 8.53. The van der Waals surface area contributed by atoms with Crippen LogP contribution >= 0.6 is 0 Å². The number of hydrogen-bond donors (Lipinski definition) is 3. The highest BCUT2D eigenvalue weighted by Crippen LogP contribution is 2.28. The minimum absolute atomic E-state index is 0.113. The normalized spacial score (nSPS) is 11.8. The zero-order chi connectivity index (χ0) is 14.6. The number of nitrogens with zero attached hydrogens (tertiary/aromatic N) is 2. The van der Waals surface area contributed by atoms with E-state index >= 15 is 0 Å². The summed E-state index contributed by atoms with van der Waals surface area (Å²) in [7, 11) is 0. The minimum Gasteiger partial charge on any atom is -0.399 e. The smallest absolute Gasteiger partial charge is 0.137 e. The third-order valence-electron chi connectivity index (χ3n) is 4.13. The molecule has 2 aromatic rings. The highest BCUT2D eigenvalue weighted by atomic mass is 16.3. The van der Waals surface area contributed by atoms with Gasteiger partial charge in [-0.15, -0.1) is 0 Å². The summed E-state index contributed by atoms with van der Waals surface area (Å²) >= 11 is 0. The largest absolute Gasteiger partial charge is 0.399 e. The molecule has 0 bridgehead atoms. The van der Waals surface area contributed by atoms with Crippen LogP contribution in [0.15, 0.2) is 24.5 Å². The van der Waals surface area contributed by atoms with Gasteiger partial charge < -0.3 is 16.2 Å². The Morgan fingerprint density at radius 2 is 2.00 bits per heavy atom. The van der Waals surface area contributed by atoms with Crippen molar-refractivity contribution in [1.82, 2.24) is 9.97 Å². The van der Waals surface area contributed by atoms with Crippen molar-refractivity contribution < 1.29 is 5.11 Å². The van der Waals surface area contributed by atoms with E-state index in [-0.39, 0.29) is 12.0 Å². The Morgan fingerprint density at radius 1 is 1.25 bits per heavy atom. The van der Waals surface area contributed by atoms with Crippen LogP contribution < -0.4 is 11.1 Å². The molecule has 0 unspecified atom stereocenters. The van der Waals surface area contributed by atoms with Crippen molar-refractivity contribution in [3.8, 4) is 0 Å². The standard InChI is InChI=1S/C15H22N4O/c1-3-15(4-2,9-20)8-17-14-12-7-11(16)5-6-13(12)18-10-19-14/h5-7,10,20H,3-4,8-9,16H2,1-2H3,(H,17,18,19). The first-order valence-electron chi connectivity index (χ1n) is 6.99. The van der Waals surface area contributed by atoms with Crippen LogP contribution in [0.25, 0.3) is 10.9 Å². The van der Waals surface area contributed by atoms with E-state index < -0.39 is 0 Å². The number of anilines is 2. The molecule has 0 aliphatic carbocycles. The van der Waals surface area contributed by atoms with Crippen molar-refractivity contribution in [2.75, 3.05) is 24.2 Å². The molecule has 0 fully saturated rings. The quantitative estimate of drug-likeness (QED) is 0.704. The van der Waals surface area contributed by atoms with E-state index in [1.54, 1.807) is 6.33 Å². The van der Waals surface area contributed by atoms with E-state index in [0.29, 0.717) is 12.2 Å². The van der Waals surface area contributed by atoms with Gasteiger partial charge in [-0.05, 0) is 31.0 Å². The second-order valence-corrected chi connectivity index (χ2v) is 5.22. The van der Waals surface area contributed by atoms with Crippen molar-refractivity contribution in [3.05, 3.63) is 24.5 Å². The second kappa shape index (κ2) is 6.05. The number of fused-ring (bicyclic) bond motifs is 1. The Kier molecular flexibility index (Phi) is 4.39. The molecule has 20 heavy (non-hydrogen) atoms. The summed E-state index contributed by atoms with van der Waals surface area (Å²) in [6.07, 6.45) is 3.37. The average Bonchev–Trinajstić information content (AvgIpc) is 2.49. The summed E-state index contributed by atoms with van der Waals surface area (Å²) in [6, 6.07) is 5.59. The van der Waals surface area contributed by atoms with Crippen LogP contribution in [0.1, 0.15) is 26.7 Å². The average molecular weight is 274 g/mol. The maximum Gasteiger partial charge on any atom is 0.137 e. The van der Waals surface area contributed by atoms with E-state index in [1.165, 1.54) is 0 Å². The SMILES string of the molecule is CCC(CC)(CO)CNc1ncnc2ccc(N)cc12. The zero-order valence-electron chi connectivity index (χ0n) is 12.1. The molecule has 0 amide bonds. The lowest BCUT2D eigenvalue weighted by atomic mass is 9.83. The summed E-state index contributed by atoms with van der Waals surface area (Å²) in [5, 5.41) is 13.9. The molecule has 2 rings (SSSR count). The van der Waals surface area contributed by atoms with Gasteiger partial charge in [0.1, 0.15) is 12.1 Å². The van der Waals surface area contributed by atoms with Gasteiger partial charge >= 0.3 is 0 Å². The van der Waals surface area contributed by atoms with Crippen molar-refractivity contribution >= 4 is 22.4 Å². The summed E-state index contributed by atoms with van der Waals surface area (Å²) < 4.78 is 0. The van der Waals surface area contributed by atoms with Crippen LogP contribution in [0, 0.1) is 5.41 Å². The summed E-state index contributed by atoms with van der Waals surface area (Å²) in [6.45, 7) is 5.03. The fourth-order valence-corrected chi connectivity index (χ4v) is 2.27. The molecule has 5 heteroatoms. The lowest BCUT2D eigenvalue weighted by molar-refractivity contribution is 0.127. The number of nitrogen functional groups attached to an aromatic ring is 1. The van der Waals surface area contributed by atoms with Gasteiger partial charge in [-0.2, -0.15) is 0 Å². The van der Waals surface area contributed by atoms with Crippen LogP contribution in [0.2, 0.25) is 0 Å². The monoisotopic (exact) mass is 274 g/mol. The number of rotatable bonds is 6. The molecule has 108 valence electrons. The van der Waals surface area contributed by atoms with Gasteiger partial charge in [0, 0.05) is 23.0 Å². The molecule has 0 atom stereocenters. The van der Waals surface area contributed by atoms with Crippen LogP contribution in [0.3, 0.4) is 0 Å². The van der Waals surface area contributed by atoms with Crippen LogP contribution in [0.4, 0.5) is 11.5 Å². The van der Waals surface area contributed by atoms with Gasteiger partial charge in [0.15, 0.2) is 0 Å². The van der Waals surface area contributed by atoms with Crippen LogP contribution in [0.5, 0.6) is 0 Å². The van der Waals surface area contributed by atoms with E-state index in [0.717, 1.165) is 29.6 Å². The molecule has 1 aromatic carbocycles. The lowest BCUT2D eigenvalue weighted by Crippen LogP contribution is -2.32. The molecule has 1 aromatic heterocycles. The van der Waals surface area contributed by atoms with Gasteiger partial charge in [0.05, 0.1) is 12.1 Å². The number of nitrogens with one attached hydrogen (secondary N) is 1. The second-order valence-electron chi connectivity index (χ2n) is 5.22. The third kappa shape index (κ3) is 2.82. The molecule has 0 spiro atoms. The predicted octanol–water partition coefficient (Wildman–Crippen LogP) is 2.42. The number of aliphatic hydroxyl groups is 1. The van der Waals surface area contributed by atoms with Crippen molar-refractivity contribution in [3.63, 3.8) is 0 Å². The topological polar surface area (TPSA) is 84.1 Å². The number of aromatic nitrogens is 2. The molecule has 5 nitrogen and oxygen atoms in total. The molecule has 0 aliphatic rings. The molecule has 4 N–H and O–H groups in total. The number of aliphatic hydroxyl groups excluding tert-OH is 1.